The van der Waals surface area contributed by atoms with E-state index in [1.54, 1.807) is 0 Å². The van der Waals surface area contributed by atoms with Gasteiger partial charge in [-0.2, -0.15) is 0 Å². The highest BCUT2D eigenvalue weighted by atomic mass is 15.1. The highest BCUT2D eigenvalue weighted by Gasteiger charge is 2.18. The van der Waals surface area contributed by atoms with Crippen molar-refractivity contribution >= 4 is 0 Å². The van der Waals surface area contributed by atoms with Gasteiger partial charge in [-0.1, -0.05) is 13.8 Å². The zero-order valence-corrected chi connectivity index (χ0v) is 10.3. The zero-order chi connectivity index (χ0) is 10.6. The van der Waals surface area contributed by atoms with Crippen LogP contribution in [0.1, 0.15) is 34.6 Å². The van der Waals surface area contributed by atoms with Crippen LogP contribution in [0, 0.1) is 5.92 Å². The second-order valence-electron chi connectivity index (χ2n) is 5.41. The van der Waals surface area contributed by atoms with E-state index in [4.69, 9.17) is 0 Å². The van der Waals surface area contributed by atoms with E-state index in [1.807, 2.05) is 0 Å². The van der Waals surface area contributed by atoms with E-state index in [9.17, 15) is 0 Å². The Balaban J connectivity index is 3.98. The maximum atomic E-state index is 3.54. The molecule has 1 unspecified atom stereocenters. The molecule has 0 fully saturated rings. The highest BCUT2D eigenvalue weighted by Crippen LogP contribution is 2.08. The second-order valence-corrected chi connectivity index (χ2v) is 5.41. The minimum absolute atomic E-state index is 0.225. The number of nitrogens with zero attached hydrogens (tertiary/aromatic N) is 1. The van der Waals surface area contributed by atoms with Crippen molar-refractivity contribution in [1.82, 2.24) is 10.2 Å². The zero-order valence-electron chi connectivity index (χ0n) is 10.3. The molecule has 0 radical (unpaired) electrons. The Morgan fingerprint density at radius 3 is 1.85 bits per heavy atom. The van der Waals surface area contributed by atoms with Gasteiger partial charge in [0.05, 0.1) is 0 Å². The maximum Gasteiger partial charge on any atom is 0.0237 e. The fraction of sp³-hybridized carbons (Fsp3) is 1.00. The minimum Gasteiger partial charge on any atom is -0.311 e. The van der Waals surface area contributed by atoms with Crippen LogP contribution in [-0.2, 0) is 0 Å². The van der Waals surface area contributed by atoms with Gasteiger partial charge in [-0.3, -0.25) is 0 Å². The molecule has 2 nitrogen and oxygen atoms in total. The summed E-state index contributed by atoms with van der Waals surface area (Å²) in [6.45, 7) is 12.2. The summed E-state index contributed by atoms with van der Waals surface area (Å²) in [7, 11) is 4.30. The lowest BCUT2D eigenvalue weighted by atomic mass is 10.0. The van der Waals surface area contributed by atoms with E-state index in [-0.39, 0.29) is 5.54 Å². The summed E-state index contributed by atoms with van der Waals surface area (Å²) in [6.07, 6.45) is 0. The topological polar surface area (TPSA) is 15.3 Å². The van der Waals surface area contributed by atoms with Gasteiger partial charge in [-0.15, -0.1) is 0 Å². The van der Waals surface area contributed by atoms with Crippen molar-refractivity contribution in [1.29, 1.82) is 0 Å². The molecule has 1 atom stereocenters. The van der Waals surface area contributed by atoms with Crippen LogP contribution in [0.5, 0.6) is 0 Å². The van der Waals surface area contributed by atoms with Gasteiger partial charge < -0.3 is 10.2 Å². The number of hydrogen-bond donors (Lipinski definition) is 1. The van der Waals surface area contributed by atoms with Gasteiger partial charge in [-0.05, 0) is 40.8 Å². The first kappa shape index (κ1) is 12.9. The predicted molar refractivity (Wildman–Crippen MR) is 60.1 cm³/mol. The number of rotatable bonds is 4. The lowest BCUT2D eigenvalue weighted by molar-refractivity contribution is 0.210. The molecule has 0 saturated heterocycles. The monoisotopic (exact) mass is 186 g/mol. The molecular weight excluding hydrogens is 160 g/mol. The third-order valence-corrected chi connectivity index (χ3v) is 2.27. The largest absolute Gasteiger partial charge is 0.311 e. The molecule has 80 valence electrons. The first-order chi connectivity index (χ1) is 5.74. The Morgan fingerprint density at radius 2 is 1.62 bits per heavy atom. The van der Waals surface area contributed by atoms with Crippen molar-refractivity contribution in [2.75, 3.05) is 20.6 Å². The molecule has 0 saturated carbocycles. The van der Waals surface area contributed by atoms with E-state index >= 15 is 0 Å². The summed E-state index contributed by atoms with van der Waals surface area (Å²) in [4.78, 5) is 2.30. The summed E-state index contributed by atoms with van der Waals surface area (Å²) in [5.41, 5.74) is 0.225. The van der Waals surface area contributed by atoms with Gasteiger partial charge in [0.15, 0.2) is 0 Å². The third kappa shape index (κ3) is 6.05. The third-order valence-electron chi connectivity index (χ3n) is 2.27. The molecule has 0 aromatic rings. The Bertz CT molecular complexity index is 126. The van der Waals surface area contributed by atoms with Gasteiger partial charge in [-0.25, -0.2) is 0 Å². The first-order valence-electron chi connectivity index (χ1n) is 5.15. The fourth-order valence-corrected chi connectivity index (χ4v) is 1.43. The molecule has 1 N–H and O–H groups in total. The normalized spacial score (nSPS) is 15.5. The minimum atomic E-state index is 0.225. The van der Waals surface area contributed by atoms with Crippen molar-refractivity contribution in [3.8, 4) is 0 Å². The van der Waals surface area contributed by atoms with Crippen molar-refractivity contribution < 1.29 is 0 Å². The van der Waals surface area contributed by atoms with Gasteiger partial charge in [0.1, 0.15) is 0 Å². The van der Waals surface area contributed by atoms with Gasteiger partial charge >= 0.3 is 0 Å². The van der Waals surface area contributed by atoms with Crippen LogP contribution >= 0.6 is 0 Å². The molecule has 2 heteroatoms. The molecule has 0 amide bonds. The lowest BCUT2D eigenvalue weighted by Crippen LogP contribution is -2.47. The van der Waals surface area contributed by atoms with Crippen molar-refractivity contribution in [2.24, 2.45) is 5.92 Å². The van der Waals surface area contributed by atoms with E-state index in [0.717, 1.165) is 6.54 Å². The molecule has 0 spiro atoms. The SMILES string of the molecule is CC(C)C(CNC(C)(C)C)N(C)C. The van der Waals surface area contributed by atoms with E-state index in [0.29, 0.717) is 12.0 Å². The number of hydrogen-bond acceptors (Lipinski definition) is 2. The van der Waals surface area contributed by atoms with Crippen molar-refractivity contribution in [2.45, 2.75) is 46.2 Å². The van der Waals surface area contributed by atoms with E-state index in [2.05, 4.69) is 58.9 Å². The molecule has 0 aliphatic rings. The molecule has 0 aromatic carbocycles. The summed E-state index contributed by atoms with van der Waals surface area (Å²) < 4.78 is 0. The predicted octanol–water partition coefficient (Wildman–Crippen LogP) is 1.96. The van der Waals surface area contributed by atoms with Crippen LogP contribution in [0.25, 0.3) is 0 Å². The maximum absolute atomic E-state index is 3.54. The molecule has 0 aliphatic carbocycles. The summed E-state index contributed by atoms with van der Waals surface area (Å²) >= 11 is 0. The highest BCUT2D eigenvalue weighted by molar-refractivity contribution is 4.78. The molecular formula is C11H26N2. The Kier molecular flexibility index (Phi) is 4.93. The Hall–Kier alpha value is -0.0800. The summed E-state index contributed by atoms with van der Waals surface area (Å²) in [5.74, 6) is 0.699. The van der Waals surface area contributed by atoms with Crippen molar-refractivity contribution in [3.05, 3.63) is 0 Å². The molecule has 0 aliphatic heterocycles. The first-order valence-corrected chi connectivity index (χ1v) is 5.15. The number of likely N-dealkylation sites (N-methyl/N-ethyl adjacent to an activating group) is 1. The summed E-state index contributed by atoms with van der Waals surface area (Å²) in [5, 5.41) is 3.54. The molecule has 0 aromatic heterocycles. The van der Waals surface area contributed by atoms with Crippen LogP contribution in [-0.4, -0.2) is 37.1 Å². The van der Waals surface area contributed by atoms with E-state index < -0.39 is 0 Å². The smallest absolute Gasteiger partial charge is 0.0237 e. The lowest BCUT2D eigenvalue weighted by Gasteiger charge is -2.31. The van der Waals surface area contributed by atoms with Gasteiger partial charge in [0, 0.05) is 18.1 Å². The molecule has 0 bridgehead atoms. The second kappa shape index (κ2) is 4.97. The Labute approximate surface area is 83.7 Å². The van der Waals surface area contributed by atoms with Crippen LogP contribution in [0.3, 0.4) is 0 Å². The summed E-state index contributed by atoms with van der Waals surface area (Å²) in [6, 6.07) is 0.624. The fourth-order valence-electron chi connectivity index (χ4n) is 1.43. The quantitative estimate of drug-likeness (QED) is 0.722. The molecule has 0 rings (SSSR count). The van der Waals surface area contributed by atoms with Crippen LogP contribution in [0.4, 0.5) is 0 Å². The standard InChI is InChI=1S/C11H26N2/c1-9(2)10(13(6)7)8-12-11(3,4)5/h9-10,12H,8H2,1-7H3. The van der Waals surface area contributed by atoms with Gasteiger partial charge in [0.25, 0.3) is 0 Å². The average Bonchev–Trinajstić information content (AvgIpc) is 1.82. The molecule has 0 heterocycles. The van der Waals surface area contributed by atoms with Crippen molar-refractivity contribution in [3.63, 3.8) is 0 Å². The van der Waals surface area contributed by atoms with E-state index in [1.165, 1.54) is 0 Å². The van der Waals surface area contributed by atoms with Crippen LogP contribution in [0.15, 0.2) is 0 Å². The van der Waals surface area contributed by atoms with Gasteiger partial charge in [0.2, 0.25) is 0 Å². The van der Waals surface area contributed by atoms with Crippen LogP contribution in [0.2, 0.25) is 0 Å². The number of nitrogens with one attached hydrogen (secondary N) is 1. The molecule has 13 heavy (non-hydrogen) atoms. The Morgan fingerprint density at radius 1 is 1.15 bits per heavy atom. The average molecular weight is 186 g/mol. The van der Waals surface area contributed by atoms with Crippen LogP contribution < -0.4 is 5.32 Å².